The molecule has 1 N–H and O–H groups in total. The van der Waals surface area contributed by atoms with E-state index in [1.807, 2.05) is 6.92 Å². The number of aryl methyl sites for hydroxylation is 2. The quantitative estimate of drug-likeness (QED) is 0.731. The average Bonchev–Trinajstić information content (AvgIpc) is 2.39. The van der Waals surface area contributed by atoms with Gasteiger partial charge in [-0.05, 0) is 13.8 Å². The summed E-state index contributed by atoms with van der Waals surface area (Å²) in [5.74, 6) is -0.986. The van der Waals surface area contributed by atoms with Gasteiger partial charge in [0, 0.05) is 11.8 Å². The molecule has 0 fully saturated rings. The molecule has 0 saturated carbocycles. The molecule has 2 aromatic rings. The van der Waals surface area contributed by atoms with Crippen molar-refractivity contribution in [2.45, 2.75) is 13.8 Å². The zero-order valence-corrected chi connectivity index (χ0v) is 7.85. The number of carboxylic acid groups (broad SMARTS) is 1. The van der Waals surface area contributed by atoms with Gasteiger partial charge < -0.3 is 5.11 Å². The lowest BCUT2D eigenvalue weighted by atomic mass is 10.3. The fourth-order valence-corrected chi connectivity index (χ4v) is 1.42. The summed E-state index contributed by atoms with van der Waals surface area (Å²) < 4.78 is 1.48. The zero-order chi connectivity index (χ0) is 10.3. The largest absolute Gasteiger partial charge is 0.477 e. The molecule has 2 rings (SSSR count). The predicted molar refractivity (Wildman–Crippen MR) is 49.4 cm³/mol. The number of imidazole rings is 1. The summed E-state index contributed by atoms with van der Waals surface area (Å²) in [5, 5.41) is 8.93. The Morgan fingerprint density at radius 3 is 2.86 bits per heavy atom. The van der Waals surface area contributed by atoms with Gasteiger partial charge in [0.2, 0.25) is 0 Å². The van der Waals surface area contributed by atoms with E-state index in [1.54, 1.807) is 13.0 Å². The Balaban J connectivity index is 2.84. The molecular formula is C9H9N3O2. The van der Waals surface area contributed by atoms with Crippen LogP contribution in [0, 0.1) is 13.8 Å². The fourth-order valence-electron chi connectivity index (χ4n) is 1.42. The van der Waals surface area contributed by atoms with Crippen LogP contribution in [-0.2, 0) is 0 Å². The van der Waals surface area contributed by atoms with E-state index in [2.05, 4.69) is 9.97 Å². The van der Waals surface area contributed by atoms with Crippen molar-refractivity contribution in [3.63, 3.8) is 0 Å². The fraction of sp³-hybridized carbons (Fsp3) is 0.222. The maximum atomic E-state index is 10.9. The van der Waals surface area contributed by atoms with Gasteiger partial charge >= 0.3 is 5.97 Å². The lowest BCUT2D eigenvalue weighted by Gasteiger charge is -1.96. The van der Waals surface area contributed by atoms with Crippen LogP contribution in [0.15, 0.2) is 12.4 Å². The molecule has 72 valence electrons. The topological polar surface area (TPSA) is 67.5 Å². The van der Waals surface area contributed by atoms with Gasteiger partial charge in [0.25, 0.3) is 0 Å². The average molecular weight is 191 g/mol. The van der Waals surface area contributed by atoms with Gasteiger partial charge in [-0.25, -0.2) is 14.8 Å². The first-order valence-electron chi connectivity index (χ1n) is 4.14. The molecule has 0 aromatic carbocycles. The molecule has 2 heterocycles. The van der Waals surface area contributed by atoms with Gasteiger partial charge in [-0.2, -0.15) is 0 Å². The van der Waals surface area contributed by atoms with Crippen molar-refractivity contribution in [3.8, 4) is 0 Å². The van der Waals surface area contributed by atoms with Crippen LogP contribution < -0.4 is 0 Å². The Hall–Kier alpha value is -1.91. The van der Waals surface area contributed by atoms with E-state index in [9.17, 15) is 4.79 Å². The number of nitrogens with zero attached hydrogens (tertiary/aromatic N) is 3. The number of fused-ring (bicyclic) bond motifs is 1. The van der Waals surface area contributed by atoms with Gasteiger partial charge in [-0.1, -0.05) is 0 Å². The molecule has 14 heavy (non-hydrogen) atoms. The first-order valence-corrected chi connectivity index (χ1v) is 4.14. The maximum Gasteiger partial charge on any atom is 0.354 e. The highest BCUT2D eigenvalue weighted by Gasteiger charge is 2.15. The van der Waals surface area contributed by atoms with Crippen molar-refractivity contribution in [3.05, 3.63) is 29.5 Å². The number of carboxylic acids is 1. The predicted octanol–water partition coefficient (Wildman–Crippen LogP) is 1.04. The van der Waals surface area contributed by atoms with Gasteiger partial charge in [-0.15, -0.1) is 0 Å². The van der Waals surface area contributed by atoms with Crippen molar-refractivity contribution in [2.24, 2.45) is 0 Å². The first kappa shape index (κ1) is 8.68. The molecule has 0 spiro atoms. The Morgan fingerprint density at radius 2 is 2.21 bits per heavy atom. The molecule has 0 atom stereocenters. The second-order valence-corrected chi connectivity index (χ2v) is 3.11. The smallest absolute Gasteiger partial charge is 0.354 e. The Labute approximate surface area is 80.0 Å². The molecule has 0 unspecified atom stereocenters. The Morgan fingerprint density at radius 1 is 1.50 bits per heavy atom. The third-order valence-corrected chi connectivity index (χ3v) is 2.03. The number of hydrogen-bond acceptors (Lipinski definition) is 3. The van der Waals surface area contributed by atoms with Crippen LogP contribution >= 0.6 is 0 Å². The number of carbonyl (C=O) groups is 1. The van der Waals surface area contributed by atoms with E-state index < -0.39 is 5.97 Å². The number of hydrogen-bond donors (Lipinski definition) is 1. The summed E-state index contributed by atoms with van der Waals surface area (Å²) in [6, 6.07) is 1.75. The van der Waals surface area contributed by atoms with Crippen molar-refractivity contribution >= 4 is 11.6 Å². The standard InChI is InChI=1S/C9H9N3O2/c1-5-3-7-11-6(2)8(9(13)14)12(7)4-10-5/h3-4H,1-2H3,(H,13,14). The van der Waals surface area contributed by atoms with E-state index in [-0.39, 0.29) is 5.69 Å². The van der Waals surface area contributed by atoms with Crippen molar-refractivity contribution in [2.75, 3.05) is 0 Å². The van der Waals surface area contributed by atoms with Crippen molar-refractivity contribution in [1.29, 1.82) is 0 Å². The van der Waals surface area contributed by atoms with Gasteiger partial charge in [0.05, 0.1) is 5.69 Å². The molecule has 0 bridgehead atoms. The van der Waals surface area contributed by atoms with Crippen LogP contribution in [-0.4, -0.2) is 25.4 Å². The molecule has 0 aliphatic rings. The molecular weight excluding hydrogens is 182 g/mol. The number of rotatable bonds is 1. The Kier molecular flexibility index (Phi) is 1.73. The third-order valence-electron chi connectivity index (χ3n) is 2.03. The van der Waals surface area contributed by atoms with Crippen molar-refractivity contribution < 1.29 is 9.90 Å². The van der Waals surface area contributed by atoms with Crippen LogP contribution in [0.25, 0.3) is 5.65 Å². The number of aromatic carboxylic acids is 1. The monoisotopic (exact) mass is 191 g/mol. The van der Waals surface area contributed by atoms with E-state index in [0.717, 1.165) is 5.69 Å². The van der Waals surface area contributed by atoms with E-state index in [4.69, 9.17) is 5.11 Å². The van der Waals surface area contributed by atoms with E-state index >= 15 is 0 Å². The summed E-state index contributed by atoms with van der Waals surface area (Å²) in [5.41, 5.74) is 2.12. The SMILES string of the molecule is Cc1cc2nc(C)c(C(=O)O)n2cn1. The lowest BCUT2D eigenvalue weighted by Crippen LogP contribution is -2.04. The lowest BCUT2D eigenvalue weighted by molar-refractivity contribution is 0.0688. The minimum atomic E-state index is -0.986. The summed E-state index contributed by atoms with van der Waals surface area (Å²) in [6.07, 6.45) is 1.48. The summed E-state index contributed by atoms with van der Waals surface area (Å²) in [7, 11) is 0. The molecule has 0 aliphatic carbocycles. The van der Waals surface area contributed by atoms with Crippen molar-refractivity contribution in [1.82, 2.24) is 14.4 Å². The van der Waals surface area contributed by atoms with Crippen LogP contribution in [0.4, 0.5) is 0 Å². The summed E-state index contributed by atoms with van der Waals surface area (Å²) >= 11 is 0. The maximum absolute atomic E-state index is 10.9. The van der Waals surface area contributed by atoms with E-state index in [0.29, 0.717) is 11.3 Å². The summed E-state index contributed by atoms with van der Waals surface area (Å²) in [4.78, 5) is 19.1. The second kappa shape index (κ2) is 2.80. The van der Waals surface area contributed by atoms with Crippen LogP contribution in [0.2, 0.25) is 0 Å². The number of aromatic nitrogens is 3. The molecule has 0 radical (unpaired) electrons. The molecule has 5 nitrogen and oxygen atoms in total. The molecule has 0 aliphatic heterocycles. The highest BCUT2D eigenvalue weighted by Crippen LogP contribution is 2.11. The van der Waals surface area contributed by atoms with Gasteiger partial charge in [0.15, 0.2) is 5.69 Å². The normalized spacial score (nSPS) is 10.7. The third kappa shape index (κ3) is 1.14. The molecule has 0 amide bonds. The first-order chi connectivity index (χ1) is 6.59. The molecule has 0 saturated heterocycles. The Bertz CT molecular complexity index is 516. The van der Waals surface area contributed by atoms with Crippen LogP contribution in [0.3, 0.4) is 0 Å². The minimum absolute atomic E-state index is 0.174. The minimum Gasteiger partial charge on any atom is -0.477 e. The highest BCUT2D eigenvalue weighted by atomic mass is 16.4. The van der Waals surface area contributed by atoms with Crippen LogP contribution in [0.5, 0.6) is 0 Å². The molecule has 2 aromatic heterocycles. The zero-order valence-electron chi connectivity index (χ0n) is 7.85. The second-order valence-electron chi connectivity index (χ2n) is 3.11. The van der Waals surface area contributed by atoms with Gasteiger partial charge in [-0.3, -0.25) is 4.40 Å². The van der Waals surface area contributed by atoms with E-state index in [1.165, 1.54) is 10.7 Å². The highest BCUT2D eigenvalue weighted by molar-refractivity contribution is 5.88. The molecule has 5 heteroatoms. The van der Waals surface area contributed by atoms with Crippen LogP contribution in [0.1, 0.15) is 21.9 Å². The van der Waals surface area contributed by atoms with Gasteiger partial charge in [0.1, 0.15) is 12.0 Å². The summed E-state index contributed by atoms with van der Waals surface area (Å²) in [6.45, 7) is 3.51.